The standard InChI is InChI=1S/C11H17N3O3/c1-8(5-6-15)7-12-11-4-3-10(14(16)17)9(2)13-11/h3-4,8,15H,5-7H2,1-2H3,(H,12,13). The summed E-state index contributed by atoms with van der Waals surface area (Å²) in [5.74, 6) is 0.954. The largest absolute Gasteiger partial charge is 0.396 e. The van der Waals surface area contributed by atoms with Crippen molar-refractivity contribution in [3.8, 4) is 0 Å². The molecule has 0 saturated carbocycles. The van der Waals surface area contributed by atoms with Gasteiger partial charge >= 0.3 is 0 Å². The van der Waals surface area contributed by atoms with Crippen LogP contribution in [-0.2, 0) is 0 Å². The molecule has 1 aromatic rings. The predicted octanol–water partition coefficient (Wildman–Crippen LogP) is 1.73. The summed E-state index contributed by atoms with van der Waals surface area (Å²) in [6.07, 6.45) is 0.721. The van der Waals surface area contributed by atoms with Gasteiger partial charge in [0, 0.05) is 19.2 Å². The highest BCUT2D eigenvalue weighted by Gasteiger charge is 2.11. The van der Waals surface area contributed by atoms with Gasteiger partial charge in [-0.15, -0.1) is 0 Å². The average molecular weight is 239 g/mol. The quantitative estimate of drug-likeness (QED) is 0.583. The molecule has 94 valence electrons. The van der Waals surface area contributed by atoms with E-state index in [-0.39, 0.29) is 12.3 Å². The van der Waals surface area contributed by atoms with Crippen LogP contribution in [0.2, 0.25) is 0 Å². The lowest BCUT2D eigenvalue weighted by Crippen LogP contribution is -2.13. The van der Waals surface area contributed by atoms with Crippen molar-refractivity contribution in [3.63, 3.8) is 0 Å². The van der Waals surface area contributed by atoms with Gasteiger partial charge in [-0.1, -0.05) is 6.92 Å². The van der Waals surface area contributed by atoms with Gasteiger partial charge in [0.05, 0.1) is 4.92 Å². The molecule has 0 aliphatic rings. The Morgan fingerprint density at radius 2 is 2.29 bits per heavy atom. The van der Waals surface area contributed by atoms with E-state index < -0.39 is 4.92 Å². The minimum absolute atomic E-state index is 0.0268. The average Bonchev–Trinajstić information content (AvgIpc) is 2.26. The van der Waals surface area contributed by atoms with Crippen LogP contribution < -0.4 is 5.32 Å². The molecule has 0 aliphatic carbocycles. The molecule has 1 rings (SSSR count). The highest BCUT2D eigenvalue weighted by atomic mass is 16.6. The number of rotatable bonds is 6. The minimum atomic E-state index is -0.444. The molecule has 0 amide bonds. The molecule has 6 nitrogen and oxygen atoms in total. The highest BCUT2D eigenvalue weighted by Crippen LogP contribution is 2.18. The van der Waals surface area contributed by atoms with Crippen molar-refractivity contribution >= 4 is 11.5 Å². The molecule has 0 bridgehead atoms. The van der Waals surface area contributed by atoms with Crippen molar-refractivity contribution in [1.29, 1.82) is 0 Å². The van der Waals surface area contributed by atoms with Crippen LogP contribution in [0.4, 0.5) is 11.5 Å². The van der Waals surface area contributed by atoms with Gasteiger partial charge in [-0.3, -0.25) is 10.1 Å². The van der Waals surface area contributed by atoms with Crippen molar-refractivity contribution in [2.45, 2.75) is 20.3 Å². The number of aliphatic hydroxyl groups is 1. The zero-order valence-electron chi connectivity index (χ0n) is 10.0. The third-order valence-electron chi connectivity index (χ3n) is 2.51. The smallest absolute Gasteiger partial charge is 0.290 e. The Balaban J connectivity index is 2.62. The lowest BCUT2D eigenvalue weighted by atomic mass is 10.1. The first-order valence-electron chi connectivity index (χ1n) is 5.51. The Morgan fingerprint density at radius 3 is 2.82 bits per heavy atom. The van der Waals surface area contributed by atoms with Crippen molar-refractivity contribution in [2.24, 2.45) is 5.92 Å². The van der Waals surface area contributed by atoms with E-state index in [9.17, 15) is 10.1 Å². The van der Waals surface area contributed by atoms with Gasteiger partial charge in [0.25, 0.3) is 5.69 Å². The number of nitrogens with one attached hydrogen (secondary N) is 1. The summed E-state index contributed by atoms with van der Waals surface area (Å²) < 4.78 is 0. The molecule has 0 fully saturated rings. The van der Waals surface area contributed by atoms with Crippen molar-refractivity contribution in [3.05, 3.63) is 27.9 Å². The van der Waals surface area contributed by atoms with Gasteiger partial charge in [-0.25, -0.2) is 4.98 Å². The van der Waals surface area contributed by atoms with Gasteiger partial charge in [0.1, 0.15) is 11.5 Å². The van der Waals surface area contributed by atoms with Crippen LogP contribution >= 0.6 is 0 Å². The summed E-state index contributed by atoms with van der Waals surface area (Å²) in [5.41, 5.74) is 0.425. The SMILES string of the molecule is Cc1nc(NCC(C)CCO)ccc1[N+](=O)[O-]. The molecular weight excluding hydrogens is 222 g/mol. The first-order chi connectivity index (χ1) is 8.04. The van der Waals surface area contributed by atoms with Gasteiger partial charge in [0.2, 0.25) is 0 Å². The van der Waals surface area contributed by atoms with Gasteiger partial charge in [-0.2, -0.15) is 0 Å². The van der Waals surface area contributed by atoms with E-state index in [0.717, 1.165) is 6.42 Å². The molecule has 6 heteroatoms. The number of hydrogen-bond acceptors (Lipinski definition) is 5. The lowest BCUT2D eigenvalue weighted by Gasteiger charge is -2.11. The number of pyridine rings is 1. The van der Waals surface area contributed by atoms with Crippen molar-refractivity contribution < 1.29 is 10.0 Å². The third-order valence-corrected chi connectivity index (χ3v) is 2.51. The minimum Gasteiger partial charge on any atom is -0.396 e. The van der Waals surface area contributed by atoms with E-state index in [1.54, 1.807) is 13.0 Å². The molecule has 1 unspecified atom stereocenters. The maximum absolute atomic E-state index is 10.6. The monoisotopic (exact) mass is 239 g/mol. The Kier molecular flexibility index (Phi) is 4.84. The Morgan fingerprint density at radius 1 is 1.59 bits per heavy atom. The zero-order valence-corrected chi connectivity index (χ0v) is 10.0. The first kappa shape index (κ1) is 13.4. The van der Waals surface area contributed by atoms with Crippen molar-refractivity contribution in [1.82, 2.24) is 4.98 Å². The number of aryl methyl sites for hydroxylation is 1. The summed E-state index contributed by atoms with van der Waals surface area (Å²) in [4.78, 5) is 14.3. The third kappa shape index (κ3) is 3.99. The lowest BCUT2D eigenvalue weighted by molar-refractivity contribution is -0.385. The van der Waals surface area contributed by atoms with Crippen LogP contribution in [0.5, 0.6) is 0 Å². The number of aromatic nitrogens is 1. The summed E-state index contributed by atoms with van der Waals surface area (Å²) in [6.45, 7) is 4.47. The maximum atomic E-state index is 10.6. The summed E-state index contributed by atoms with van der Waals surface area (Å²) in [5, 5.41) is 22.5. The maximum Gasteiger partial charge on any atom is 0.290 e. The Hall–Kier alpha value is -1.69. The van der Waals surface area contributed by atoms with Crippen LogP contribution in [0, 0.1) is 23.0 Å². The normalized spacial score (nSPS) is 12.2. The van der Waals surface area contributed by atoms with Crippen LogP contribution in [0.25, 0.3) is 0 Å². The molecule has 0 radical (unpaired) electrons. The van der Waals surface area contributed by atoms with E-state index in [0.29, 0.717) is 24.0 Å². The fourth-order valence-electron chi connectivity index (χ4n) is 1.45. The fourth-order valence-corrected chi connectivity index (χ4v) is 1.45. The second kappa shape index (κ2) is 6.15. The molecule has 2 N–H and O–H groups in total. The highest BCUT2D eigenvalue weighted by molar-refractivity contribution is 5.44. The Labute approximate surface area is 99.8 Å². The molecule has 0 saturated heterocycles. The van der Waals surface area contributed by atoms with Gasteiger partial charge < -0.3 is 10.4 Å². The second-order valence-corrected chi connectivity index (χ2v) is 4.06. The molecular formula is C11H17N3O3. The summed E-state index contributed by atoms with van der Waals surface area (Å²) >= 11 is 0. The van der Waals surface area contributed by atoms with Crippen LogP contribution in [0.15, 0.2) is 12.1 Å². The van der Waals surface area contributed by atoms with Gasteiger partial charge in [0.15, 0.2) is 0 Å². The van der Waals surface area contributed by atoms with Gasteiger partial charge in [-0.05, 0) is 25.3 Å². The summed E-state index contributed by atoms with van der Waals surface area (Å²) in [7, 11) is 0. The van der Waals surface area contributed by atoms with Crippen LogP contribution in [-0.4, -0.2) is 28.2 Å². The number of aliphatic hydroxyl groups excluding tert-OH is 1. The topological polar surface area (TPSA) is 88.3 Å². The molecule has 0 aromatic carbocycles. The van der Waals surface area contributed by atoms with E-state index in [1.165, 1.54) is 6.07 Å². The zero-order chi connectivity index (χ0) is 12.8. The number of hydrogen-bond donors (Lipinski definition) is 2. The molecule has 0 spiro atoms. The van der Waals surface area contributed by atoms with E-state index in [1.807, 2.05) is 6.92 Å². The number of anilines is 1. The molecule has 0 aliphatic heterocycles. The van der Waals surface area contributed by atoms with Crippen LogP contribution in [0.1, 0.15) is 19.0 Å². The first-order valence-corrected chi connectivity index (χ1v) is 5.51. The molecule has 17 heavy (non-hydrogen) atoms. The Bertz CT molecular complexity index is 396. The van der Waals surface area contributed by atoms with E-state index in [2.05, 4.69) is 10.3 Å². The number of nitrogens with zero attached hydrogens (tertiary/aromatic N) is 2. The summed E-state index contributed by atoms with van der Waals surface area (Å²) in [6, 6.07) is 3.04. The predicted molar refractivity (Wildman–Crippen MR) is 65.0 cm³/mol. The number of nitro groups is 1. The van der Waals surface area contributed by atoms with E-state index in [4.69, 9.17) is 5.11 Å². The van der Waals surface area contributed by atoms with Crippen LogP contribution in [0.3, 0.4) is 0 Å². The molecule has 1 aromatic heterocycles. The molecule has 1 atom stereocenters. The second-order valence-electron chi connectivity index (χ2n) is 4.06. The molecule has 1 heterocycles. The fraction of sp³-hybridized carbons (Fsp3) is 0.545. The van der Waals surface area contributed by atoms with Crippen molar-refractivity contribution in [2.75, 3.05) is 18.5 Å². The van der Waals surface area contributed by atoms with E-state index >= 15 is 0 Å².